The molecule has 0 aliphatic rings. The highest BCUT2D eigenvalue weighted by Crippen LogP contribution is 2.37. The fraction of sp³-hybridized carbons (Fsp3) is 0.167. The number of benzene rings is 2. The summed E-state index contributed by atoms with van der Waals surface area (Å²) in [6.45, 7) is 0. The second-order valence-electron chi connectivity index (χ2n) is 4.64. The van der Waals surface area contributed by atoms with Gasteiger partial charge in [0, 0.05) is 18.2 Å². The molecule has 23 heavy (non-hydrogen) atoms. The number of methoxy groups -OCH3 is 3. The molecule has 0 radical (unpaired) electrons. The molecule has 0 saturated carbocycles. The lowest BCUT2D eigenvalue weighted by Gasteiger charge is -2.14. The van der Waals surface area contributed by atoms with Crippen LogP contribution in [0.4, 0.5) is 5.69 Å². The maximum Gasteiger partial charge on any atom is 0.248 e. The zero-order valence-corrected chi connectivity index (χ0v) is 13.3. The van der Waals surface area contributed by atoms with Gasteiger partial charge in [-0.15, -0.1) is 0 Å². The zero-order chi connectivity index (χ0) is 16.7. The van der Waals surface area contributed by atoms with Crippen molar-refractivity contribution in [2.24, 2.45) is 0 Å². The normalized spacial score (nSPS) is 10.4. The Balaban J connectivity index is 2.18. The van der Waals surface area contributed by atoms with Crippen LogP contribution in [0.25, 0.3) is 6.08 Å². The summed E-state index contributed by atoms with van der Waals surface area (Å²) in [6.07, 6.45) is 3.20. The predicted octanol–water partition coefficient (Wildman–Crippen LogP) is 3.36. The molecule has 2 aromatic carbocycles. The van der Waals surface area contributed by atoms with E-state index < -0.39 is 0 Å². The van der Waals surface area contributed by atoms with E-state index in [1.807, 2.05) is 30.3 Å². The molecule has 0 bridgehead atoms. The molecule has 2 rings (SSSR count). The Hall–Kier alpha value is -2.95. The molecule has 1 amide bonds. The van der Waals surface area contributed by atoms with E-state index in [0.717, 1.165) is 5.56 Å². The van der Waals surface area contributed by atoms with Crippen molar-refractivity contribution >= 4 is 17.7 Å². The molecule has 0 heterocycles. The van der Waals surface area contributed by atoms with Gasteiger partial charge in [0.2, 0.25) is 5.91 Å². The highest BCUT2D eigenvalue weighted by Gasteiger charge is 2.13. The van der Waals surface area contributed by atoms with Crippen LogP contribution >= 0.6 is 0 Å². The monoisotopic (exact) mass is 313 g/mol. The maximum absolute atomic E-state index is 12.1. The van der Waals surface area contributed by atoms with Crippen molar-refractivity contribution in [1.82, 2.24) is 0 Å². The van der Waals surface area contributed by atoms with E-state index in [1.165, 1.54) is 27.4 Å². The number of rotatable bonds is 6. The van der Waals surface area contributed by atoms with E-state index in [2.05, 4.69) is 5.32 Å². The van der Waals surface area contributed by atoms with Gasteiger partial charge in [0.25, 0.3) is 0 Å². The third kappa shape index (κ3) is 4.26. The van der Waals surface area contributed by atoms with Crippen LogP contribution in [0.1, 0.15) is 5.56 Å². The quantitative estimate of drug-likeness (QED) is 0.831. The van der Waals surface area contributed by atoms with E-state index in [9.17, 15) is 4.79 Å². The summed E-state index contributed by atoms with van der Waals surface area (Å²) in [7, 11) is 4.60. The molecular weight excluding hydrogens is 294 g/mol. The smallest absolute Gasteiger partial charge is 0.248 e. The van der Waals surface area contributed by atoms with Gasteiger partial charge < -0.3 is 19.5 Å². The van der Waals surface area contributed by atoms with Crippen LogP contribution in [0.3, 0.4) is 0 Å². The van der Waals surface area contributed by atoms with E-state index in [1.54, 1.807) is 18.2 Å². The molecule has 0 fully saturated rings. The summed E-state index contributed by atoms with van der Waals surface area (Å²) in [5, 5.41) is 2.77. The Morgan fingerprint density at radius 2 is 1.52 bits per heavy atom. The largest absolute Gasteiger partial charge is 0.494 e. The fourth-order valence-corrected chi connectivity index (χ4v) is 2.04. The van der Waals surface area contributed by atoms with E-state index in [0.29, 0.717) is 22.9 Å². The number of hydrogen-bond donors (Lipinski definition) is 1. The lowest BCUT2D eigenvalue weighted by atomic mass is 10.2. The Labute approximate surface area is 135 Å². The highest BCUT2D eigenvalue weighted by molar-refractivity contribution is 6.03. The molecule has 0 atom stereocenters. The van der Waals surface area contributed by atoms with Crippen LogP contribution < -0.4 is 19.5 Å². The number of carbonyl (C=O) groups excluding carboxylic acids is 1. The topological polar surface area (TPSA) is 56.8 Å². The van der Waals surface area contributed by atoms with Crippen LogP contribution in [-0.4, -0.2) is 27.2 Å². The number of nitrogens with one attached hydrogen (secondary N) is 1. The molecular formula is C18H19NO4. The van der Waals surface area contributed by atoms with Gasteiger partial charge in [0.05, 0.1) is 27.0 Å². The molecule has 0 unspecified atom stereocenters. The number of hydrogen-bond acceptors (Lipinski definition) is 4. The molecule has 5 heteroatoms. The van der Waals surface area contributed by atoms with E-state index >= 15 is 0 Å². The molecule has 0 aromatic heterocycles. The number of amides is 1. The summed E-state index contributed by atoms with van der Waals surface area (Å²) in [6, 6.07) is 12.9. The van der Waals surface area contributed by atoms with Gasteiger partial charge in [-0.25, -0.2) is 0 Å². The average Bonchev–Trinajstić information content (AvgIpc) is 2.60. The molecule has 0 saturated heterocycles. The predicted molar refractivity (Wildman–Crippen MR) is 90.2 cm³/mol. The van der Waals surface area contributed by atoms with Crippen molar-refractivity contribution in [3.8, 4) is 17.2 Å². The Bertz CT molecular complexity index is 696. The lowest BCUT2D eigenvalue weighted by molar-refractivity contribution is -0.111. The Kier molecular flexibility index (Phi) is 5.63. The first-order chi connectivity index (χ1) is 11.2. The van der Waals surface area contributed by atoms with Crippen molar-refractivity contribution in [3.05, 3.63) is 54.1 Å². The molecule has 0 aliphatic carbocycles. The minimum absolute atomic E-state index is 0.264. The fourth-order valence-electron chi connectivity index (χ4n) is 2.04. The number of carbonyl (C=O) groups is 1. The van der Waals surface area contributed by atoms with Crippen LogP contribution in [0, 0.1) is 0 Å². The van der Waals surface area contributed by atoms with Gasteiger partial charge in [0.15, 0.2) is 11.5 Å². The van der Waals surface area contributed by atoms with Crippen LogP contribution in [0.15, 0.2) is 48.5 Å². The van der Waals surface area contributed by atoms with E-state index in [-0.39, 0.29) is 5.91 Å². The van der Waals surface area contributed by atoms with Gasteiger partial charge in [-0.2, -0.15) is 0 Å². The van der Waals surface area contributed by atoms with Crippen LogP contribution in [-0.2, 0) is 4.79 Å². The third-order valence-electron chi connectivity index (χ3n) is 3.19. The molecule has 120 valence electrons. The number of ether oxygens (including phenoxy) is 3. The second kappa shape index (κ2) is 7.89. The Morgan fingerprint density at radius 3 is 2.13 bits per heavy atom. The van der Waals surface area contributed by atoms with Crippen molar-refractivity contribution in [2.45, 2.75) is 0 Å². The second-order valence-corrected chi connectivity index (χ2v) is 4.64. The van der Waals surface area contributed by atoms with Crippen LogP contribution in [0.2, 0.25) is 0 Å². The summed E-state index contributed by atoms with van der Waals surface area (Å²) in [5.74, 6) is 1.27. The van der Waals surface area contributed by atoms with Gasteiger partial charge >= 0.3 is 0 Å². The van der Waals surface area contributed by atoms with Gasteiger partial charge in [-0.05, 0) is 11.6 Å². The lowest BCUT2D eigenvalue weighted by Crippen LogP contribution is -2.09. The maximum atomic E-state index is 12.1. The van der Waals surface area contributed by atoms with Crippen molar-refractivity contribution in [3.63, 3.8) is 0 Å². The van der Waals surface area contributed by atoms with Crippen molar-refractivity contribution < 1.29 is 19.0 Å². The molecule has 0 aliphatic heterocycles. The summed E-state index contributed by atoms with van der Waals surface area (Å²) in [5.41, 5.74) is 1.45. The molecule has 1 N–H and O–H groups in total. The first kappa shape index (κ1) is 16.4. The highest BCUT2D eigenvalue weighted by atomic mass is 16.5. The summed E-state index contributed by atoms with van der Waals surface area (Å²) in [4.78, 5) is 12.1. The summed E-state index contributed by atoms with van der Waals surface area (Å²) < 4.78 is 15.7. The molecule has 5 nitrogen and oxygen atoms in total. The van der Waals surface area contributed by atoms with Gasteiger partial charge in [-0.3, -0.25) is 4.79 Å². The number of anilines is 1. The standard InChI is InChI=1S/C18H19NO4/c1-21-15-12-17(23-3)16(22-2)11-14(15)19-18(20)10-9-13-7-5-4-6-8-13/h4-12H,1-3H3,(H,19,20). The Morgan fingerprint density at radius 1 is 0.913 bits per heavy atom. The summed E-state index contributed by atoms with van der Waals surface area (Å²) >= 11 is 0. The third-order valence-corrected chi connectivity index (χ3v) is 3.19. The first-order valence-electron chi connectivity index (χ1n) is 7.02. The molecule has 2 aromatic rings. The first-order valence-corrected chi connectivity index (χ1v) is 7.02. The SMILES string of the molecule is COc1cc(OC)c(OC)cc1NC(=O)C=Cc1ccccc1. The van der Waals surface area contributed by atoms with E-state index in [4.69, 9.17) is 14.2 Å². The average molecular weight is 313 g/mol. The van der Waals surface area contributed by atoms with Gasteiger partial charge in [-0.1, -0.05) is 30.3 Å². The zero-order valence-electron chi connectivity index (χ0n) is 13.3. The van der Waals surface area contributed by atoms with Gasteiger partial charge in [0.1, 0.15) is 5.75 Å². The molecule has 0 spiro atoms. The van der Waals surface area contributed by atoms with Crippen LogP contribution in [0.5, 0.6) is 17.2 Å². The minimum atomic E-state index is -0.264. The van der Waals surface area contributed by atoms with Crippen molar-refractivity contribution in [2.75, 3.05) is 26.6 Å². The minimum Gasteiger partial charge on any atom is -0.494 e. The van der Waals surface area contributed by atoms with Crippen molar-refractivity contribution in [1.29, 1.82) is 0 Å².